The van der Waals surface area contributed by atoms with Gasteiger partial charge in [-0.3, -0.25) is 4.79 Å². The van der Waals surface area contributed by atoms with Crippen molar-refractivity contribution < 1.29 is 13.2 Å². The number of carbonyl (C=O) groups excluding carboxylic acids is 1. The third-order valence-corrected chi connectivity index (χ3v) is 5.27. The molecule has 2 N–H and O–H groups in total. The molecule has 1 amide bonds. The van der Waals surface area contributed by atoms with E-state index in [-0.39, 0.29) is 16.8 Å². The summed E-state index contributed by atoms with van der Waals surface area (Å²) < 4.78 is 28.4. The molecule has 23 heavy (non-hydrogen) atoms. The van der Waals surface area contributed by atoms with Crippen molar-refractivity contribution in [3.8, 4) is 0 Å². The summed E-state index contributed by atoms with van der Waals surface area (Å²) in [6, 6.07) is 13.1. The first kappa shape index (κ1) is 17.7. The summed E-state index contributed by atoms with van der Waals surface area (Å²) in [5, 5.41) is 2.60. The molecule has 0 aliphatic carbocycles. The second kappa shape index (κ2) is 7.25. The number of rotatable bonds is 5. The first-order valence-electron chi connectivity index (χ1n) is 6.93. The van der Waals surface area contributed by atoms with Crippen LogP contribution in [-0.4, -0.2) is 14.3 Å². The van der Waals surface area contributed by atoms with Gasteiger partial charge >= 0.3 is 0 Å². The van der Waals surface area contributed by atoms with Crippen LogP contribution in [0.1, 0.15) is 25.5 Å². The minimum absolute atomic E-state index is 0.149. The highest BCUT2D eigenvalue weighted by Gasteiger charge is 2.18. The van der Waals surface area contributed by atoms with E-state index in [1.807, 2.05) is 24.3 Å². The predicted octanol–water partition coefficient (Wildman–Crippen LogP) is 3.45. The summed E-state index contributed by atoms with van der Waals surface area (Å²) >= 11 is 3.35. The van der Waals surface area contributed by atoms with Crippen LogP contribution < -0.4 is 10.0 Å². The molecule has 0 aliphatic heterocycles. The van der Waals surface area contributed by atoms with Gasteiger partial charge in [-0.05, 0) is 48.9 Å². The van der Waals surface area contributed by atoms with Gasteiger partial charge in [-0.1, -0.05) is 28.1 Å². The fourth-order valence-electron chi connectivity index (χ4n) is 2.04. The smallest absolute Gasteiger partial charge is 0.241 e. The van der Waals surface area contributed by atoms with Crippen molar-refractivity contribution in [2.75, 3.05) is 5.32 Å². The minimum Gasteiger partial charge on any atom is -0.326 e. The van der Waals surface area contributed by atoms with E-state index in [1.165, 1.54) is 19.1 Å². The second-order valence-corrected chi connectivity index (χ2v) is 7.73. The lowest BCUT2D eigenvalue weighted by Gasteiger charge is -2.15. The highest BCUT2D eigenvalue weighted by molar-refractivity contribution is 9.10. The zero-order chi connectivity index (χ0) is 17.0. The van der Waals surface area contributed by atoms with E-state index >= 15 is 0 Å². The van der Waals surface area contributed by atoms with Gasteiger partial charge < -0.3 is 5.32 Å². The van der Waals surface area contributed by atoms with Crippen LogP contribution in [-0.2, 0) is 14.8 Å². The quantitative estimate of drug-likeness (QED) is 0.812. The fourth-order valence-corrected chi connectivity index (χ4v) is 3.54. The summed E-state index contributed by atoms with van der Waals surface area (Å²) in [5.41, 5.74) is 1.42. The number of anilines is 1. The monoisotopic (exact) mass is 396 g/mol. The molecule has 1 atom stereocenters. The Morgan fingerprint density at radius 2 is 1.61 bits per heavy atom. The third kappa shape index (κ3) is 4.89. The van der Waals surface area contributed by atoms with Gasteiger partial charge in [0, 0.05) is 23.1 Å². The van der Waals surface area contributed by atoms with Crippen molar-refractivity contribution in [3.05, 3.63) is 58.6 Å². The molecule has 5 nitrogen and oxygen atoms in total. The van der Waals surface area contributed by atoms with Crippen molar-refractivity contribution in [2.24, 2.45) is 0 Å². The maximum Gasteiger partial charge on any atom is 0.241 e. The molecule has 0 bridgehead atoms. The number of amides is 1. The summed E-state index contributed by atoms with van der Waals surface area (Å²) in [4.78, 5) is 11.1. The van der Waals surface area contributed by atoms with E-state index in [4.69, 9.17) is 0 Å². The van der Waals surface area contributed by atoms with Crippen molar-refractivity contribution in [2.45, 2.75) is 24.8 Å². The average Bonchev–Trinajstić information content (AvgIpc) is 2.47. The van der Waals surface area contributed by atoms with Crippen molar-refractivity contribution >= 4 is 37.5 Å². The maximum absolute atomic E-state index is 12.4. The molecular weight excluding hydrogens is 380 g/mol. The standard InChI is InChI=1S/C16H17BrN2O3S/c1-11(13-3-5-14(17)6-4-13)19-23(21,22)16-9-7-15(8-10-16)18-12(2)20/h3-11,19H,1-2H3,(H,18,20)/t11-/m0/s1. The van der Waals surface area contributed by atoms with Gasteiger partial charge in [0.15, 0.2) is 0 Å². The van der Waals surface area contributed by atoms with E-state index < -0.39 is 10.0 Å². The summed E-state index contributed by atoms with van der Waals surface area (Å²) in [7, 11) is -3.64. The lowest BCUT2D eigenvalue weighted by Crippen LogP contribution is -2.26. The molecule has 0 spiro atoms. The largest absolute Gasteiger partial charge is 0.326 e. The SMILES string of the molecule is CC(=O)Nc1ccc(S(=O)(=O)N[C@@H](C)c2ccc(Br)cc2)cc1. The van der Waals surface area contributed by atoms with E-state index in [0.717, 1.165) is 10.0 Å². The van der Waals surface area contributed by atoms with E-state index in [2.05, 4.69) is 26.0 Å². The molecular formula is C16H17BrN2O3S. The Bertz CT molecular complexity index is 787. The number of halogens is 1. The minimum atomic E-state index is -3.64. The molecule has 7 heteroatoms. The molecule has 2 aromatic carbocycles. The Kier molecular flexibility index (Phi) is 5.56. The highest BCUT2D eigenvalue weighted by atomic mass is 79.9. The first-order valence-corrected chi connectivity index (χ1v) is 9.21. The Labute approximate surface area is 144 Å². The van der Waals surface area contributed by atoms with Crippen molar-refractivity contribution in [1.29, 1.82) is 0 Å². The van der Waals surface area contributed by atoms with Crippen LogP contribution in [0.2, 0.25) is 0 Å². The molecule has 0 fully saturated rings. The van der Waals surface area contributed by atoms with Crippen LogP contribution in [0.15, 0.2) is 57.9 Å². The molecule has 0 heterocycles. The Hall–Kier alpha value is -1.70. The van der Waals surface area contributed by atoms with Crippen LogP contribution in [0.4, 0.5) is 5.69 Å². The van der Waals surface area contributed by atoms with Crippen LogP contribution in [0.5, 0.6) is 0 Å². The maximum atomic E-state index is 12.4. The van der Waals surface area contributed by atoms with E-state index in [0.29, 0.717) is 5.69 Å². The Morgan fingerprint density at radius 1 is 1.04 bits per heavy atom. The fraction of sp³-hybridized carbons (Fsp3) is 0.188. The molecule has 0 saturated carbocycles. The van der Waals surface area contributed by atoms with Gasteiger partial charge in [-0.2, -0.15) is 0 Å². The molecule has 0 aromatic heterocycles. The average molecular weight is 397 g/mol. The summed E-state index contributed by atoms with van der Waals surface area (Å²) in [6.07, 6.45) is 0. The normalized spacial score (nSPS) is 12.7. The zero-order valence-corrected chi connectivity index (χ0v) is 15.1. The second-order valence-electron chi connectivity index (χ2n) is 5.10. The first-order chi connectivity index (χ1) is 10.8. The summed E-state index contributed by atoms with van der Waals surface area (Å²) in [5.74, 6) is -0.206. The van der Waals surface area contributed by atoms with Crippen LogP contribution in [0.25, 0.3) is 0 Å². The van der Waals surface area contributed by atoms with Crippen molar-refractivity contribution in [1.82, 2.24) is 4.72 Å². The highest BCUT2D eigenvalue weighted by Crippen LogP contribution is 2.20. The third-order valence-electron chi connectivity index (χ3n) is 3.19. The molecule has 0 radical (unpaired) electrons. The van der Waals surface area contributed by atoms with E-state index in [9.17, 15) is 13.2 Å². The van der Waals surface area contributed by atoms with Gasteiger partial charge in [-0.15, -0.1) is 0 Å². The molecule has 0 saturated heterocycles. The lowest BCUT2D eigenvalue weighted by molar-refractivity contribution is -0.114. The lowest BCUT2D eigenvalue weighted by atomic mass is 10.1. The number of hydrogen-bond donors (Lipinski definition) is 2. The molecule has 2 rings (SSSR count). The Morgan fingerprint density at radius 3 is 2.13 bits per heavy atom. The van der Waals surface area contributed by atoms with E-state index in [1.54, 1.807) is 19.1 Å². The van der Waals surface area contributed by atoms with Gasteiger partial charge in [0.2, 0.25) is 15.9 Å². The van der Waals surface area contributed by atoms with Crippen LogP contribution in [0, 0.1) is 0 Å². The van der Waals surface area contributed by atoms with Crippen LogP contribution in [0.3, 0.4) is 0 Å². The molecule has 2 aromatic rings. The van der Waals surface area contributed by atoms with Gasteiger partial charge in [0.05, 0.1) is 4.90 Å². The zero-order valence-electron chi connectivity index (χ0n) is 12.7. The van der Waals surface area contributed by atoms with Crippen LogP contribution >= 0.6 is 15.9 Å². The Balaban J connectivity index is 2.14. The molecule has 0 aliphatic rings. The molecule has 0 unspecified atom stereocenters. The summed E-state index contributed by atoms with van der Waals surface area (Å²) in [6.45, 7) is 3.18. The number of carbonyl (C=O) groups is 1. The number of nitrogens with one attached hydrogen (secondary N) is 2. The van der Waals surface area contributed by atoms with Gasteiger partial charge in [-0.25, -0.2) is 13.1 Å². The predicted molar refractivity (Wildman–Crippen MR) is 93.6 cm³/mol. The van der Waals surface area contributed by atoms with Gasteiger partial charge in [0.25, 0.3) is 0 Å². The van der Waals surface area contributed by atoms with Crippen molar-refractivity contribution in [3.63, 3.8) is 0 Å². The number of sulfonamides is 1. The van der Waals surface area contributed by atoms with Gasteiger partial charge in [0.1, 0.15) is 0 Å². The number of hydrogen-bond acceptors (Lipinski definition) is 3. The molecule has 122 valence electrons. The number of benzene rings is 2. The topological polar surface area (TPSA) is 75.3 Å².